The molecule has 0 atom stereocenters. The van der Waals surface area contributed by atoms with Gasteiger partial charge in [0.05, 0.1) is 18.3 Å². The number of hydrogen-bond acceptors (Lipinski definition) is 3. The van der Waals surface area contributed by atoms with Gasteiger partial charge in [0.2, 0.25) is 0 Å². The van der Waals surface area contributed by atoms with Crippen LogP contribution in [0.5, 0.6) is 5.75 Å². The molecule has 27 heavy (non-hydrogen) atoms. The van der Waals surface area contributed by atoms with Crippen LogP contribution >= 0.6 is 0 Å². The van der Waals surface area contributed by atoms with Crippen molar-refractivity contribution in [3.8, 4) is 5.75 Å². The average Bonchev–Trinajstić information content (AvgIpc) is 3.05. The van der Waals surface area contributed by atoms with E-state index in [1.807, 2.05) is 35.2 Å². The van der Waals surface area contributed by atoms with Crippen LogP contribution in [0.3, 0.4) is 0 Å². The van der Waals surface area contributed by atoms with Gasteiger partial charge in [0.15, 0.2) is 0 Å². The van der Waals surface area contributed by atoms with Crippen LogP contribution in [0.1, 0.15) is 10.5 Å². The van der Waals surface area contributed by atoms with E-state index in [-0.39, 0.29) is 11.7 Å². The van der Waals surface area contributed by atoms with E-state index in [1.54, 1.807) is 30.9 Å². The number of piperazine rings is 1. The van der Waals surface area contributed by atoms with Gasteiger partial charge in [-0.15, -0.1) is 0 Å². The zero-order chi connectivity index (χ0) is 19.0. The van der Waals surface area contributed by atoms with Crippen LogP contribution in [0.25, 0.3) is 10.9 Å². The van der Waals surface area contributed by atoms with E-state index in [0.29, 0.717) is 24.2 Å². The van der Waals surface area contributed by atoms with Gasteiger partial charge >= 0.3 is 0 Å². The zero-order valence-electron chi connectivity index (χ0n) is 15.5. The predicted molar refractivity (Wildman–Crippen MR) is 104 cm³/mol. The number of hydrogen-bond donors (Lipinski definition) is 0. The molecule has 0 radical (unpaired) electrons. The van der Waals surface area contributed by atoms with Crippen LogP contribution in [0.4, 0.5) is 10.1 Å². The van der Waals surface area contributed by atoms with E-state index in [9.17, 15) is 9.18 Å². The summed E-state index contributed by atoms with van der Waals surface area (Å²) >= 11 is 0. The van der Waals surface area contributed by atoms with E-state index >= 15 is 0 Å². The number of anilines is 1. The fourth-order valence-corrected chi connectivity index (χ4v) is 3.73. The lowest BCUT2D eigenvalue weighted by Gasteiger charge is -2.36. The number of methoxy groups -OCH3 is 1. The molecule has 2 heterocycles. The van der Waals surface area contributed by atoms with Crippen LogP contribution in [-0.2, 0) is 7.05 Å². The molecule has 1 aliphatic rings. The van der Waals surface area contributed by atoms with Gasteiger partial charge in [0, 0.05) is 38.6 Å². The molecule has 6 heteroatoms. The highest BCUT2D eigenvalue weighted by Gasteiger charge is 2.26. The molecule has 4 rings (SSSR count). The number of amides is 1. The second-order valence-corrected chi connectivity index (χ2v) is 6.71. The molecule has 140 valence electrons. The Kier molecular flexibility index (Phi) is 4.48. The van der Waals surface area contributed by atoms with Crippen molar-refractivity contribution in [3.63, 3.8) is 0 Å². The Balaban J connectivity index is 1.52. The summed E-state index contributed by atoms with van der Waals surface area (Å²) in [7, 11) is 3.47. The molecule has 0 saturated carbocycles. The quantitative estimate of drug-likeness (QED) is 0.713. The van der Waals surface area contributed by atoms with Gasteiger partial charge in [-0.3, -0.25) is 4.79 Å². The monoisotopic (exact) mass is 367 g/mol. The summed E-state index contributed by atoms with van der Waals surface area (Å²) in [6.45, 7) is 2.68. The summed E-state index contributed by atoms with van der Waals surface area (Å²) in [5.41, 5.74) is 2.28. The Labute approximate surface area is 157 Å². The van der Waals surface area contributed by atoms with Gasteiger partial charge in [-0.05, 0) is 30.3 Å². The smallest absolute Gasteiger partial charge is 0.270 e. The van der Waals surface area contributed by atoms with E-state index in [4.69, 9.17) is 4.74 Å². The Morgan fingerprint density at radius 1 is 1.04 bits per heavy atom. The standard InChI is InChI=1S/C21H22FN3O2/c1-23-17-8-5-6-16(22)15(17)14-19(23)21(26)25-12-10-24(11-13-25)18-7-3-4-9-20(18)27-2/h3-9,14H,10-13H2,1-2H3. The molecular formula is C21H22FN3O2. The summed E-state index contributed by atoms with van der Waals surface area (Å²) in [5, 5.41) is 0.482. The lowest BCUT2D eigenvalue weighted by atomic mass is 10.2. The largest absolute Gasteiger partial charge is 0.495 e. The van der Waals surface area contributed by atoms with E-state index in [2.05, 4.69) is 4.90 Å². The van der Waals surface area contributed by atoms with Crippen LogP contribution in [0.2, 0.25) is 0 Å². The number of ether oxygens (including phenoxy) is 1. The normalized spacial score (nSPS) is 14.6. The fourth-order valence-electron chi connectivity index (χ4n) is 3.73. The third-order valence-corrected chi connectivity index (χ3v) is 5.25. The number of benzene rings is 2. The molecule has 0 spiro atoms. The maximum atomic E-state index is 14.0. The molecule has 1 amide bonds. The van der Waals surface area contributed by atoms with E-state index in [1.165, 1.54) is 6.07 Å². The number of carbonyl (C=O) groups is 1. The van der Waals surface area contributed by atoms with Crippen LogP contribution in [0, 0.1) is 5.82 Å². The summed E-state index contributed by atoms with van der Waals surface area (Å²) in [6.07, 6.45) is 0. The molecule has 1 saturated heterocycles. The highest BCUT2D eigenvalue weighted by molar-refractivity contribution is 5.99. The highest BCUT2D eigenvalue weighted by Crippen LogP contribution is 2.29. The number of carbonyl (C=O) groups excluding carboxylic acids is 1. The molecule has 5 nitrogen and oxygen atoms in total. The number of aromatic nitrogens is 1. The van der Waals surface area contributed by atoms with Crippen molar-refractivity contribution >= 4 is 22.5 Å². The van der Waals surface area contributed by atoms with Gasteiger partial charge in [0.1, 0.15) is 17.3 Å². The van der Waals surface area contributed by atoms with Crippen molar-refractivity contribution in [1.29, 1.82) is 0 Å². The minimum absolute atomic E-state index is 0.0622. The highest BCUT2D eigenvalue weighted by atomic mass is 19.1. The number of fused-ring (bicyclic) bond motifs is 1. The second-order valence-electron chi connectivity index (χ2n) is 6.71. The SMILES string of the molecule is COc1ccccc1N1CCN(C(=O)c2cc3c(F)cccc3n2C)CC1. The van der Waals surface area contributed by atoms with E-state index in [0.717, 1.165) is 30.0 Å². The third kappa shape index (κ3) is 3.01. The van der Waals surface area contributed by atoms with Crippen molar-refractivity contribution in [1.82, 2.24) is 9.47 Å². The summed E-state index contributed by atoms with van der Waals surface area (Å²) in [6, 6.07) is 14.5. The van der Waals surface area contributed by atoms with Crippen molar-refractivity contribution in [2.75, 3.05) is 38.2 Å². The van der Waals surface area contributed by atoms with Gasteiger partial charge in [-0.2, -0.15) is 0 Å². The van der Waals surface area contributed by atoms with E-state index < -0.39 is 0 Å². The Morgan fingerprint density at radius 3 is 2.48 bits per heavy atom. The lowest BCUT2D eigenvalue weighted by molar-refractivity contribution is 0.0737. The predicted octanol–water partition coefficient (Wildman–Crippen LogP) is 3.29. The molecule has 3 aromatic rings. The van der Waals surface area contributed by atoms with Gasteiger partial charge < -0.3 is 19.1 Å². The van der Waals surface area contributed by atoms with Gasteiger partial charge in [-0.1, -0.05) is 18.2 Å². The molecule has 1 fully saturated rings. The number of aryl methyl sites for hydroxylation is 1. The Morgan fingerprint density at radius 2 is 1.78 bits per heavy atom. The molecule has 0 aliphatic carbocycles. The number of nitrogens with zero attached hydrogens (tertiary/aromatic N) is 3. The van der Waals surface area contributed by atoms with Crippen molar-refractivity contribution in [3.05, 3.63) is 60.0 Å². The Bertz CT molecular complexity index is 990. The first-order chi connectivity index (χ1) is 13.1. The molecule has 0 unspecified atom stereocenters. The molecule has 1 aromatic heterocycles. The number of halogens is 1. The minimum atomic E-state index is -0.303. The fraction of sp³-hybridized carbons (Fsp3) is 0.286. The maximum Gasteiger partial charge on any atom is 0.270 e. The topological polar surface area (TPSA) is 37.7 Å². The molecule has 0 N–H and O–H groups in total. The van der Waals surface area contributed by atoms with Crippen LogP contribution < -0.4 is 9.64 Å². The van der Waals surface area contributed by atoms with Crippen molar-refractivity contribution in [2.24, 2.45) is 7.05 Å². The van der Waals surface area contributed by atoms with Crippen LogP contribution in [-0.4, -0.2) is 48.7 Å². The lowest BCUT2D eigenvalue weighted by Crippen LogP contribution is -2.49. The second kappa shape index (κ2) is 6.95. The van der Waals surface area contributed by atoms with Gasteiger partial charge in [-0.25, -0.2) is 4.39 Å². The zero-order valence-corrected chi connectivity index (χ0v) is 15.5. The molecule has 0 bridgehead atoms. The first kappa shape index (κ1) is 17.4. The first-order valence-corrected chi connectivity index (χ1v) is 9.01. The number of para-hydroxylation sites is 2. The van der Waals surface area contributed by atoms with Gasteiger partial charge in [0.25, 0.3) is 5.91 Å². The molecular weight excluding hydrogens is 345 g/mol. The molecule has 2 aromatic carbocycles. The average molecular weight is 367 g/mol. The Hall–Kier alpha value is -3.02. The molecule has 1 aliphatic heterocycles. The maximum absolute atomic E-state index is 14.0. The number of rotatable bonds is 3. The van der Waals surface area contributed by atoms with Crippen molar-refractivity contribution in [2.45, 2.75) is 0 Å². The first-order valence-electron chi connectivity index (χ1n) is 9.01. The summed E-state index contributed by atoms with van der Waals surface area (Å²) in [5.74, 6) is 0.470. The third-order valence-electron chi connectivity index (χ3n) is 5.25. The summed E-state index contributed by atoms with van der Waals surface area (Å²) < 4.78 is 21.3. The minimum Gasteiger partial charge on any atom is -0.495 e. The van der Waals surface area contributed by atoms with Crippen molar-refractivity contribution < 1.29 is 13.9 Å². The summed E-state index contributed by atoms with van der Waals surface area (Å²) in [4.78, 5) is 17.1. The van der Waals surface area contributed by atoms with Crippen LogP contribution in [0.15, 0.2) is 48.5 Å².